The van der Waals surface area contributed by atoms with E-state index in [1.807, 2.05) is 6.07 Å². The van der Waals surface area contributed by atoms with E-state index >= 15 is 0 Å². The monoisotopic (exact) mass is 381 g/mol. The summed E-state index contributed by atoms with van der Waals surface area (Å²) < 4.78 is 31.0. The van der Waals surface area contributed by atoms with Crippen molar-refractivity contribution in [1.29, 1.82) is 0 Å². The summed E-state index contributed by atoms with van der Waals surface area (Å²) in [4.78, 5) is 16.5. The van der Waals surface area contributed by atoms with E-state index in [-0.39, 0.29) is 13.1 Å². The van der Waals surface area contributed by atoms with Gasteiger partial charge >= 0.3 is 0 Å². The quantitative estimate of drug-likeness (QED) is 0.868. The number of carbonyl (C=O) groups excluding carboxylic acids is 1. The van der Waals surface area contributed by atoms with Gasteiger partial charge in [-0.2, -0.15) is 0 Å². The molecule has 0 aliphatic carbocycles. The second-order valence-electron chi connectivity index (χ2n) is 5.55. The molecule has 2 aromatic rings. The predicted octanol–water partition coefficient (Wildman–Crippen LogP) is 1.58. The molecule has 1 aromatic heterocycles. The Morgan fingerprint density at radius 3 is 2.88 bits per heavy atom. The maximum Gasteiger partial charge on any atom is 0.263 e. The SMILES string of the molecule is CS(=O)(=O)N1C[C@@H](C(=O)NCc2ccccn2)Oc2ccc(Cl)cc21. The molecule has 0 saturated heterocycles. The standard InChI is InChI=1S/C16H16ClN3O4S/c1-25(22,23)20-10-15(24-14-6-5-11(17)8-13(14)20)16(21)19-9-12-4-2-3-7-18-12/h2-8,15H,9-10H2,1H3,(H,19,21)/t15-/m0/s1. The van der Waals surface area contributed by atoms with Gasteiger partial charge in [-0.05, 0) is 30.3 Å². The zero-order chi connectivity index (χ0) is 18.0. The second-order valence-corrected chi connectivity index (χ2v) is 7.89. The number of carbonyl (C=O) groups is 1. The molecule has 132 valence electrons. The Labute approximate surface area is 150 Å². The minimum Gasteiger partial charge on any atom is -0.476 e. The van der Waals surface area contributed by atoms with Crippen molar-refractivity contribution in [2.75, 3.05) is 17.1 Å². The van der Waals surface area contributed by atoms with Gasteiger partial charge in [0.2, 0.25) is 10.0 Å². The van der Waals surface area contributed by atoms with Crippen LogP contribution in [0.3, 0.4) is 0 Å². The number of hydrogen-bond acceptors (Lipinski definition) is 5. The fourth-order valence-electron chi connectivity index (χ4n) is 2.47. The number of fused-ring (bicyclic) bond motifs is 1. The summed E-state index contributed by atoms with van der Waals surface area (Å²) in [5.41, 5.74) is 1.02. The number of rotatable bonds is 4. The maximum absolute atomic E-state index is 12.4. The molecule has 1 amide bonds. The minimum absolute atomic E-state index is 0.125. The largest absolute Gasteiger partial charge is 0.476 e. The summed E-state index contributed by atoms with van der Waals surface area (Å²) >= 11 is 5.95. The third-order valence-electron chi connectivity index (χ3n) is 3.65. The van der Waals surface area contributed by atoms with Gasteiger partial charge < -0.3 is 10.1 Å². The molecule has 1 aromatic carbocycles. The molecule has 1 N–H and O–H groups in total. The number of anilines is 1. The average Bonchev–Trinajstić information content (AvgIpc) is 2.58. The Morgan fingerprint density at radius 1 is 1.40 bits per heavy atom. The normalized spacial score (nSPS) is 16.7. The topological polar surface area (TPSA) is 88.6 Å². The highest BCUT2D eigenvalue weighted by atomic mass is 35.5. The highest BCUT2D eigenvalue weighted by molar-refractivity contribution is 7.92. The van der Waals surface area contributed by atoms with Crippen molar-refractivity contribution in [2.45, 2.75) is 12.6 Å². The molecule has 2 heterocycles. The van der Waals surface area contributed by atoms with Gasteiger partial charge in [0, 0.05) is 11.2 Å². The van der Waals surface area contributed by atoms with Crippen molar-refractivity contribution in [3.8, 4) is 5.75 Å². The van der Waals surface area contributed by atoms with Gasteiger partial charge in [0.1, 0.15) is 5.75 Å². The Balaban J connectivity index is 1.79. The number of amides is 1. The maximum atomic E-state index is 12.4. The smallest absolute Gasteiger partial charge is 0.263 e. The van der Waals surface area contributed by atoms with Crippen LogP contribution in [-0.2, 0) is 21.4 Å². The van der Waals surface area contributed by atoms with Crippen molar-refractivity contribution < 1.29 is 17.9 Å². The van der Waals surface area contributed by atoms with Gasteiger partial charge in [-0.25, -0.2) is 8.42 Å². The first-order valence-electron chi connectivity index (χ1n) is 7.46. The van der Waals surface area contributed by atoms with Crippen LogP contribution in [-0.4, -0.2) is 38.2 Å². The van der Waals surface area contributed by atoms with Gasteiger partial charge in [-0.1, -0.05) is 17.7 Å². The third kappa shape index (κ3) is 4.02. The highest BCUT2D eigenvalue weighted by Crippen LogP contribution is 2.37. The first-order valence-corrected chi connectivity index (χ1v) is 9.69. The number of nitrogens with zero attached hydrogens (tertiary/aromatic N) is 2. The molecule has 3 rings (SSSR count). The number of sulfonamides is 1. The summed E-state index contributed by atoms with van der Waals surface area (Å²) in [6.07, 6.45) is 1.74. The molecule has 0 fully saturated rings. The van der Waals surface area contributed by atoms with Crippen molar-refractivity contribution >= 4 is 33.2 Å². The van der Waals surface area contributed by atoms with Crippen LogP contribution in [0.25, 0.3) is 0 Å². The molecule has 25 heavy (non-hydrogen) atoms. The van der Waals surface area contributed by atoms with Gasteiger partial charge in [0.15, 0.2) is 6.10 Å². The van der Waals surface area contributed by atoms with E-state index in [9.17, 15) is 13.2 Å². The molecule has 7 nitrogen and oxygen atoms in total. The van der Waals surface area contributed by atoms with E-state index in [0.29, 0.717) is 22.2 Å². The van der Waals surface area contributed by atoms with Gasteiger partial charge in [0.05, 0.1) is 30.7 Å². The Bertz CT molecular complexity index is 890. The van der Waals surface area contributed by atoms with Crippen molar-refractivity contribution in [1.82, 2.24) is 10.3 Å². The van der Waals surface area contributed by atoms with Crippen LogP contribution in [0.1, 0.15) is 5.69 Å². The number of halogens is 1. The molecule has 0 spiro atoms. The lowest BCUT2D eigenvalue weighted by atomic mass is 10.2. The lowest BCUT2D eigenvalue weighted by molar-refractivity contribution is -0.127. The van der Waals surface area contributed by atoms with Crippen molar-refractivity contribution in [2.24, 2.45) is 0 Å². The van der Waals surface area contributed by atoms with E-state index in [4.69, 9.17) is 16.3 Å². The molecular weight excluding hydrogens is 366 g/mol. The van der Waals surface area contributed by atoms with Crippen LogP contribution >= 0.6 is 11.6 Å². The van der Waals surface area contributed by atoms with Crippen LogP contribution in [0.4, 0.5) is 5.69 Å². The highest BCUT2D eigenvalue weighted by Gasteiger charge is 2.35. The molecule has 1 atom stereocenters. The summed E-state index contributed by atoms with van der Waals surface area (Å²) in [6, 6.07) is 10.0. The van der Waals surface area contributed by atoms with Gasteiger partial charge in [-0.15, -0.1) is 0 Å². The van der Waals surface area contributed by atoms with Crippen LogP contribution in [0.2, 0.25) is 5.02 Å². The second kappa shape index (κ2) is 6.89. The molecule has 1 aliphatic rings. The molecular formula is C16H16ClN3O4S. The van der Waals surface area contributed by atoms with Crippen LogP contribution in [0, 0.1) is 0 Å². The fraction of sp³-hybridized carbons (Fsp3) is 0.250. The molecule has 0 radical (unpaired) electrons. The van der Waals surface area contributed by atoms with Gasteiger partial charge in [0.25, 0.3) is 5.91 Å². The van der Waals surface area contributed by atoms with E-state index < -0.39 is 22.0 Å². The molecule has 0 unspecified atom stereocenters. The summed E-state index contributed by atoms with van der Waals surface area (Å²) in [6.45, 7) is 0.103. The summed E-state index contributed by atoms with van der Waals surface area (Å²) in [5, 5.41) is 3.09. The molecule has 0 bridgehead atoms. The fourth-order valence-corrected chi connectivity index (χ4v) is 3.54. The number of hydrogen-bond donors (Lipinski definition) is 1. The zero-order valence-corrected chi connectivity index (χ0v) is 14.9. The first kappa shape index (κ1) is 17.5. The van der Waals surface area contributed by atoms with Crippen LogP contribution in [0.5, 0.6) is 5.75 Å². The Hall–Kier alpha value is -2.32. The summed E-state index contributed by atoms with van der Waals surface area (Å²) in [5.74, 6) is -0.126. The van der Waals surface area contributed by atoms with Crippen molar-refractivity contribution in [3.63, 3.8) is 0 Å². The van der Waals surface area contributed by atoms with E-state index in [1.54, 1.807) is 30.5 Å². The van der Waals surface area contributed by atoms with Gasteiger partial charge in [-0.3, -0.25) is 14.1 Å². The lowest BCUT2D eigenvalue weighted by Crippen LogP contribution is -2.50. The van der Waals surface area contributed by atoms with E-state index in [0.717, 1.165) is 10.6 Å². The van der Waals surface area contributed by atoms with Crippen molar-refractivity contribution in [3.05, 3.63) is 53.3 Å². The Morgan fingerprint density at radius 2 is 2.20 bits per heavy atom. The Kier molecular flexibility index (Phi) is 4.82. The molecule has 1 aliphatic heterocycles. The van der Waals surface area contributed by atoms with Crippen LogP contribution < -0.4 is 14.4 Å². The molecule has 9 heteroatoms. The number of aromatic nitrogens is 1. The lowest BCUT2D eigenvalue weighted by Gasteiger charge is -2.34. The number of pyridine rings is 1. The number of benzene rings is 1. The zero-order valence-electron chi connectivity index (χ0n) is 13.3. The summed E-state index contributed by atoms with van der Waals surface area (Å²) in [7, 11) is -3.59. The van der Waals surface area contributed by atoms with Crippen LogP contribution in [0.15, 0.2) is 42.6 Å². The van der Waals surface area contributed by atoms with E-state index in [2.05, 4.69) is 10.3 Å². The van der Waals surface area contributed by atoms with E-state index in [1.165, 1.54) is 6.07 Å². The minimum atomic E-state index is -3.59. The molecule has 0 saturated carbocycles. The third-order valence-corrected chi connectivity index (χ3v) is 5.03. The number of ether oxygens (including phenoxy) is 1. The first-order chi connectivity index (χ1) is 11.8. The number of nitrogens with one attached hydrogen (secondary N) is 1. The predicted molar refractivity (Wildman–Crippen MR) is 94.1 cm³/mol. The average molecular weight is 382 g/mol.